The first-order chi connectivity index (χ1) is 11.2. The summed E-state index contributed by atoms with van der Waals surface area (Å²) in [6, 6.07) is 17.2. The van der Waals surface area contributed by atoms with Gasteiger partial charge in [-0.25, -0.2) is 10.1 Å². The van der Waals surface area contributed by atoms with E-state index >= 15 is 0 Å². The second kappa shape index (κ2) is 5.55. The van der Waals surface area contributed by atoms with E-state index in [1.807, 2.05) is 65.9 Å². The molecule has 23 heavy (non-hydrogen) atoms. The summed E-state index contributed by atoms with van der Waals surface area (Å²) in [5, 5.41) is 7.75. The second-order valence-corrected chi connectivity index (χ2v) is 6.56. The molecule has 0 aliphatic carbocycles. The molecule has 0 amide bonds. The largest absolute Gasteiger partial charge is 0.293 e. The maximum atomic E-state index is 12.5. The number of hydrogen-bond acceptors (Lipinski definition) is 4. The number of carbonyl (C=O) groups excluding carboxylic acids is 1. The molecule has 114 valence electrons. The number of imidazole rings is 1. The van der Waals surface area contributed by atoms with Crippen LogP contribution in [0.1, 0.15) is 17.3 Å². The van der Waals surface area contributed by atoms with E-state index in [-0.39, 0.29) is 11.0 Å². The van der Waals surface area contributed by atoms with E-state index in [1.165, 1.54) is 11.8 Å². The van der Waals surface area contributed by atoms with Crippen molar-refractivity contribution in [2.45, 2.75) is 17.3 Å². The van der Waals surface area contributed by atoms with Gasteiger partial charge in [0.1, 0.15) is 0 Å². The van der Waals surface area contributed by atoms with E-state index in [0.29, 0.717) is 5.78 Å². The molecule has 2 aromatic heterocycles. The van der Waals surface area contributed by atoms with Crippen molar-refractivity contribution in [3.05, 3.63) is 60.2 Å². The SMILES string of the molecule is CC(Sc1n[nH]c2nc3ccccc3n12)C(=O)c1ccccc1. The molecule has 1 N–H and O–H groups in total. The Bertz CT molecular complexity index is 990. The molecule has 6 heteroatoms. The summed E-state index contributed by atoms with van der Waals surface area (Å²) >= 11 is 1.43. The van der Waals surface area contributed by atoms with Crippen molar-refractivity contribution in [2.24, 2.45) is 0 Å². The Morgan fingerprint density at radius 1 is 1.13 bits per heavy atom. The third kappa shape index (κ3) is 2.41. The summed E-state index contributed by atoms with van der Waals surface area (Å²) in [5.41, 5.74) is 2.61. The zero-order valence-corrected chi connectivity index (χ0v) is 13.2. The molecule has 0 aliphatic rings. The number of nitrogens with zero attached hydrogens (tertiary/aromatic N) is 3. The third-order valence-electron chi connectivity index (χ3n) is 3.71. The molecule has 0 bridgehead atoms. The number of nitrogens with one attached hydrogen (secondary N) is 1. The predicted molar refractivity (Wildman–Crippen MR) is 90.9 cm³/mol. The van der Waals surface area contributed by atoms with Gasteiger partial charge in [0.25, 0.3) is 0 Å². The Kier molecular flexibility index (Phi) is 3.38. The van der Waals surface area contributed by atoms with Crippen LogP contribution in [-0.4, -0.2) is 30.6 Å². The van der Waals surface area contributed by atoms with Gasteiger partial charge in [0, 0.05) is 5.56 Å². The number of H-pyrrole nitrogens is 1. The lowest BCUT2D eigenvalue weighted by Crippen LogP contribution is -2.13. The average molecular weight is 322 g/mol. The molecule has 1 atom stereocenters. The molecular weight excluding hydrogens is 308 g/mol. The van der Waals surface area contributed by atoms with Crippen LogP contribution in [0.2, 0.25) is 0 Å². The van der Waals surface area contributed by atoms with Gasteiger partial charge in [0.2, 0.25) is 5.78 Å². The van der Waals surface area contributed by atoms with Crippen LogP contribution in [-0.2, 0) is 0 Å². The molecule has 4 rings (SSSR count). The van der Waals surface area contributed by atoms with E-state index in [1.54, 1.807) is 0 Å². The maximum Gasteiger partial charge on any atom is 0.231 e. The first-order valence-electron chi connectivity index (χ1n) is 7.31. The van der Waals surface area contributed by atoms with Crippen molar-refractivity contribution in [2.75, 3.05) is 0 Å². The summed E-state index contributed by atoms with van der Waals surface area (Å²) in [4.78, 5) is 17.0. The van der Waals surface area contributed by atoms with Crippen molar-refractivity contribution >= 4 is 34.4 Å². The highest BCUT2D eigenvalue weighted by Gasteiger charge is 2.20. The zero-order valence-electron chi connectivity index (χ0n) is 12.4. The van der Waals surface area contributed by atoms with Gasteiger partial charge in [-0.2, -0.15) is 0 Å². The lowest BCUT2D eigenvalue weighted by Gasteiger charge is -2.08. The molecule has 0 radical (unpaired) electrons. The van der Waals surface area contributed by atoms with Crippen LogP contribution in [0.3, 0.4) is 0 Å². The van der Waals surface area contributed by atoms with Crippen molar-refractivity contribution in [1.82, 2.24) is 19.6 Å². The predicted octanol–water partition coefficient (Wildman–Crippen LogP) is 3.57. The minimum absolute atomic E-state index is 0.0937. The number of para-hydroxylation sites is 2. The Morgan fingerprint density at radius 2 is 1.87 bits per heavy atom. The minimum atomic E-state index is -0.231. The van der Waals surface area contributed by atoms with Crippen LogP contribution in [0.15, 0.2) is 59.8 Å². The number of benzene rings is 2. The van der Waals surface area contributed by atoms with Gasteiger partial charge in [0.05, 0.1) is 16.3 Å². The van der Waals surface area contributed by atoms with Crippen molar-refractivity contribution in [1.29, 1.82) is 0 Å². The molecule has 0 aliphatic heterocycles. The van der Waals surface area contributed by atoms with Gasteiger partial charge in [-0.1, -0.05) is 54.2 Å². The zero-order chi connectivity index (χ0) is 15.8. The number of Topliss-reactive ketones (excluding diaryl/α,β-unsaturated/α-hetero) is 1. The second-order valence-electron chi connectivity index (χ2n) is 5.26. The van der Waals surface area contributed by atoms with Crippen molar-refractivity contribution in [3.63, 3.8) is 0 Å². The third-order valence-corrected chi connectivity index (χ3v) is 4.77. The normalized spacial score (nSPS) is 12.7. The van der Waals surface area contributed by atoms with E-state index in [4.69, 9.17) is 0 Å². The summed E-state index contributed by atoms with van der Waals surface area (Å²) in [6.07, 6.45) is 0. The lowest BCUT2D eigenvalue weighted by atomic mass is 10.1. The fraction of sp³-hybridized carbons (Fsp3) is 0.118. The highest BCUT2D eigenvalue weighted by atomic mass is 32.2. The average Bonchev–Trinajstić information content (AvgIpc) is 3.14. The molecule has 1 unspecified atom stereocenters. The van der Waals surface area contributed by atoms with Crippen LogP contribution in [0.25, 0.3) is 16.8 Å². The first-order valence-corrected chi connectivity index (χ1v) is 8.19. The molecule has 2 heterocycles. The fourth-order valence-corrected chi connectivity index (χ4v) is 3.52. The Balaban J connectivity index is 1.69. The summed E-state index contributed by atoms with van der Waals surface area (Å²) < 4.78 is 1.95. The molecule has 4 aromatic rings. The van der Waals surface area contributed by atoms with Gasteiger partial charge >= 0.3 is 0 Å². The number of aromatic nitrogens is 4. The minimum Gasteiger partial charge on any atom is -0.293 e. The number of fused-ring (bicyclic) bond motifs is 3. The Labute approximate surface area is 136 Å². The molecule has 0 fully saturated rings. The van der Waals surface area contributed by atoms with E-state index < -0.39 is 0 Å². The van der Waals surface area contributed by atoms with E-state index in [0.717, 1.165) is 21.8 Å². The standard InChI is InChI=1S/C17H14N4OS/c1-11(15(22)12-7-3-2-4-8-12)23-17-20-19-16-18-13-9-5-6-10-14(13)21(16)17/h2-11H,1H3,(H,18,19). The smallest absolute Gasteiger partial charge is 0.231 e. The molecule has 2 aromatic carbocycles. The number of ketones is 1. The van der Waals surface area contributed by atoms with E-state index in [9.17, 15) is 4.79 Å². The van der Waals surface area contributed by atoms with Crippen LogP contribution >= 0.6 is 11.8 Å². The maximum absolute atomic E-state index is 12.5. The fourth-order valence-electron chi connectivity index (χ4n) is 2.57. The highest BCUT2D eigenvalue weighted by Crippen LogP contribution is 2.27. The van der Waals surface area contributed by atoms with Gasteiger partial charge in [-0.3, -0.25) is 9.20 Å². The molecule has 5 nitrogen and oxygen atoms in total. The molecule has 0 saturated carbocycles. The number of carbonyl (C=O) groups is 1. The van der Waals surface area contributed by atoms with Crippen LogP contribution < -0.4 is 0 Å². The number of thioether (sulfide) groups is 1. The Morgan fingerprint density at radius 3 is 2.70 bits per heavy atom. The quantitative estimate of drug-likeness (QED) is 0.461. The first kappa shape index (κ1) is 14.0. The summed E-state index contributed by atoms with van der Waals surface area (Å²) in [5.74, 6) is 0.782. The molecular formula is C17H14N4OS. The van der Waals surface area contributed by atoms with Gasteiger partial charge in [-0.15, -0.1) is 5.10 Å². The van der Waals surface area contributed by atoms with Crippen LogP contribution in [0.5, 0.6) is 0 Å². The van der Waals surface area contributed by atoms with Crippen molar-refractivity contribution < 1.29 is 4.79 Å². The highest BCUT2D eigenvalue weighted by molar-refractivity contribution is 8.00. The lowest BCUT2D eigenvalue weighted by molar-refractivity contribution is 0.0994. The van der Waals surface area contributed by atoms with Crippen LogP contribution in [0.4, 0.5) is 0 Å². The Hall–Kier alpha value is -2.60. The van der Waals surface area contributed by atoms with Gasteiger partial charge in [-0.05, 0) is 19.1 Å². The van der Waals surface area contributed by atoms with Crippen LogP contribution in [0, 0.1) is 0 Å². The topological polar surface area (TPSA) is 63.1 Å². The van der Waals surface area contributed by atoms with Crippen molar-refractivity contribution in [3.8, 4) is 0 Å². The summed E-state index contributed by atoms with van der Waals surface area (Å²) in [6.45, 7) is 1.90. The number of hydrogen-bond donors (Lipinski definition) is 1. The molecule has 0 saturated heterocycles. The number of aromatic amines is 1. The molecule has 0 spiro atoms. The van der Waals surface area contributed by atoms with Gasteiger partial charge in [0.15, 0.2) is 10.9 Å². The van der Waals surface area contributed by atoms with E-state index in [2.05, 4.69) is 15.2 Å². The van der Waals surface area contributed by atoms with Gasteiger partial charge < -0.3 is 0 Å². The monoisotopic (exact) mass is 322 g/mol. The number of rotatable bonds is 4. The summed E-state index contributed by atoms with van der Waals surface area (Å²) in [7, 11) is 0.